The lowest BCUT2D eigenvalue weighted by molar-refractivity contribution is 0.0531. The minimum Gasteiger partial charge on any atom is -0.508 e. The second kappa shape index (κ2) is 12.5. The Labute approximate surface area is 220 Å². The van der Waals surface area contributed by atoms with Gasteiger partial charge in [-0.05, 0) is 58.4 Å². The maximum absolute atomic E-state index is 14.0. The van der Waals surface area contributed by atoms with Gasteiger partial charge in [0.2, 0.25) is 5.88 Å². The van der Waals surface area contributed by atoms with Crippen molar-refractivity contribution in [2.45, 2.75) is 40.4 Å². The molecule has 0 aliphatic heterocycles. The molecule has 10 nitrogen and oxygen atoms in total. The number of hydrogen-bond donors (Lipinski definition) is 2. The van der Waals surface area contributed by atoms with Crippen LogP contribution in [-0.4, -0.2) is 48.0 Å². The average molecular weight is 550 g/mol. The molecule has 0 fully saturated rings. The molecule has 3 rings (SSSR count). The number of nitrogens with one attached hydrogen (secondary N) is 1. The summed E-state index contributed by atoms with van der Waals surface area (Å²) in [4.78, 5) is 21.5. The van der Waals surface area contributed by atoms with E-state index in [0.29, 0.717) is 32.7 Å². The first-order valence-corrected chi connectivity index (χ1v) is 14.2. The van der Waals surface area contributed by atoms with Crippen LogP contribution in [0.3, 0.4) is 0 Å². The zero-order valence-electron chi connectivity index (χ0n) is 21.7. The van der Waals surface area contributed by atoms with E-state index in [1.54, 1.807) is 52.1 Å². The second-order valence-electron chi connectivity index (χ2n) is 7.89. The molecule has 0 aliphatic carbocycles. The maximum Gasteiger partial charge on any atom is 0.357 e. The molecule has 0 aliphatic rings. The first kappa shape index (κ1) is 28.6. The molecule has 2 heterocycles. The van der Waals surface area contributed by atoms with Crippen molar-refractivity contribution >= 4 is 30.6 Å². The molecule has 37 heavy (non-hydrogen) atoms. The molecule has 1 atom stereocenters. The highest BCUT2D eigenvalue weighted by Gasteiger charge is 2.39. The van der Waals surface area contributed by atoms with Crippen LogP contribution in [0.2, 0.25) is 0 Å². The molecule has 0 radical (unpaired) electrons. The van der Waals surface area contributed by atoms with E-state index in [9.17, 15) is 14.5 Å². The van der Waals surface area contributed by atoms with Gasteiger partial charge in [0.1, 0.15) is 15.6 Å². The van der Waals surface area contributed by atoms with Crippen LogP contribution in [0.25, 0.3) is 10.6 Å². The summed E-state index contributed by atoms with van der Waals surface area (Å²) in [5.41, 5.74) is 2.78. The largest absolute Gasteiger partial charge is 0.508 e. The van der Waals surface area contributed by atoms with Gasteiger partial charge in [0, 0.05) is 17.2 Å². The summed E-state index contributed by atoms with van der Waals surface area (Å²) < 4.78 is 35.7. The summed E-state index contributed by atoms with van der Waals surface area (Å²) in [6.45, 7) is 9.27. The van der Waals surface area contributed by atoms with Gasteiger partial charge < -0.3 is 28.9 Å². The van der Waals surface area contributed by atoms with Gasteiger partial charge in [-0.3, -0.25) is 4.57 Å². The molecule has 0 spiro atoms. The predicted molar refractivity (Wildman–Crippen MR) is 143 cm³/mol. The lowest BCUT2D eigenvalue weighted by Crippen LogP contribution is -2.16. The van der Waals surface area contributed by atoms with Crippen LogP contribution in [0.4, 0.5) is 5.69 Å². The number of thiazole rings is 1. The highest BCUT2D eigenvalue weighted by atomic mass is 32.1. The molecule has 2 N–H and O–H groups in total. The number of nitrogens with zero attached hydrogens (tertiary/aromatic N) is 2. The molecule has 12 heteroatoms. The normalized spacial score (nSPS) is 12.3. The van der Waals surface area contributed by atoms with Crippen molar-refractivity contribution in [1.82, 2.24) is 9.97 Å². The van der Waals surface area contributed by atoms with E-state index in [1.807, 2.05) is 6.92 Å². The Bertz CT molecular complexity index is 1290. The predicted octanol–water partition coefficient (Wildman–Crippen LogP) is 6.09. The fraction of sp³-hybridized carbons (Fsp3) is 0.400. The van der Waals surface area contributed by atoms with E-state index >= 15 is 0 Å². The Morgan fingerprint density at radius 1 is 1.14 bits per heavy atom. The standard InChI is InChI=1S/C25H32N3O7PS/c1-7-33-25(30)22-16(5)27-24(37-22)17-10-11-20(29)18(13-17)23(36(31,34-8-2)35-9-3)28-19-14-26-21(32-6)12-15(19)4/h10-14,23,28-29H,7-9H2,1-6H3. The monoisotopic (exact) mass is 549 g/mol. The number of methoxy groups -OCH3 is 1. The van der Waals surface area contributed by atoms with Crippen molar-refractivity contribution in [2.75, 3.05) is 32.2 Å². The second-order valence-corrected chi connectivity index (χ2v) is 11.0. The van der Waals surface area contributed by atoms with E-state index in [1.165, 1.54) is 24.5 Å². The summed E-state index contributed by atoms with van der Waals surface area (Å²) in [5, 5.41) is 14.7. The van der Waals surface area contributed by atoms with Gasteiger partial charge >= 0.3 is 13.6 Å². The number of ether oxygens (including phenoxy) is 2. The van der Waals surface area contributed by atoms with Crippen LogP contribution in [0.15, 0.2) is 30.5 Å². The molecule has 200 valence electrons. The molecule has 0 saturated heterocycles. The Morgan fingerprint density at radius 3 is 2.43 bits per heavy atom. The molecule has 2 aromatic heterocycles. The third-order valence-electron chi connectivity index (χ3n) is 5.35. The van der Waals surface area contributed by atoms with Crippen molar-refractivity contribution in [3.05, 3.63) is 52.2 Å². The molecule has 0 amide bonds. The third kappa shape index (κ3) is 6.48. The number of carbonyl (C=O) groups is 1. The van der Waals surface area contributed by atoms with Gasteiger partial charge in [0.25, 0.3) is 0 Å². The summed E-state index contributed by atoms with van der Waals surface area (Å²) in [6.07, 6.45) is 1.56. The van der Waals surface area contributed by atoms with Crippen LogP contribution in [0.5, 0.6) is 11.6 Å². The summed E-state index contributed by atoms with van der Waals surface area (Å²) in [7, 11) is -2.32. The van der Waals surface area contributed by atoms with Gasteiger partial charge in [0.05, 0.1) is 44.5 Å². The number of aryl methyl sites for hydroxylation is 2. The average Bonchev–Trinajstić information content (AvgIpc) is 3.26. The number of carbonyl (C=O) groups excluding carboxylic acids is 1. The minimum absolute atomic E-state index is 0.112. The maximum atomic E-state index is 14.0. The van der Waals surface area contributed by atoms with Crippen molar-refractivity contribution in [3.8, 4) is 22.2 Å². The number of pyridine rings is 1. The van der Waals surface area contributed by atoms with E-state index in [2.05, 4.69) is 15.3 Å². The van der Waals surface area contributed by atoms with Crippen molar-refractivity contribution in [1.29, 1.82) is 0 Å². The molecule has 3 aromatic rings. The summed E-state index contributed by atoms with van der Waals surface area (Å²) in [5.74, 6) is -1.20. The van der Waals surface area contributed by atoms with Gasteiger partial charge in [-0.25, -0.2) is 14.8 Å². The van der Waals surface area contributed by atoms with Crippen molar-refractivity contribution in [2.24, 2.45) is 0 Å². The van der Waals surface area contributed by atoms with Crippen LogP contribution in [0, 0.1) is 13.8 Å². The molecule has 0 bridgehead atoms. The number of phenolic OH excluding ortho intramolecular Hbond substituents is 1. The lowest BCUT2D eigenvalue weighted by atomic mass is 10.1. The number of phenols is 1. The number of benzene rings is 1. The SMILES string of the molecule is CCOC(=O)c1sc(-c2ccc(O)c(C(Nc3cnc(OC)cc3C)P(=O)(OCC)OCC)c2)nc1C. The van der Waals surface area contributed by atoms with Crippen molar-refractivity contribution in [3.63, 3.8) is 0 Å². The lowest BCUT2D eigenvalue weighted by Gasteiger charge is -2.29. The molecule has 1 aromatic carbocycles. The summed E-state index contributed by atoms with van der Waals surface area (Å²) in [6, 6.07) is 6.56. The molecule has 0 saturated carbocycles. The number of hydrogen-bond acceptors (Lipinski definition) is 11. The third-order valence-corrected chi connectivity index (χ3v) is 8.81. The number of aromatic nitrogens is 2. The fourth-order valence-electron chi connectivity index (χ4n) is 3.63. The zero-order chi connectivity index (χ0) is 27.2. The number of rotatable bonds is 12. The Balaban J connectivity index is 2.13. The zero-order valence-corrected chi connectivity index (χ0v) is 23.4. The van der Waals surface area contributed by atoms with Gasteiger partial charge in [0.15, 0.2) is 5.78 Å². The van der Waals surface area contributed by atoms with Gasteiger partial charge in [-0.2, -0.15) is 0 Å². The van der Waals surface area contributed by atoms with Gasteiger partial charge in [-0.15, -0.1) is 11.3 Å². The van der Waals surface area contributed by atoms with Crippen LogP contribution in [0.1, 0.15) is 53.0 Å². The molecule has 1 unspecified atom stereocenters. The van der Waals surface area contributed by atoms with Crippen LogP contribution < -0.4 is 10.1 Å². The molecular weight excluding hydrogens is 517 g/mol. The summed E-state index contributed by atoms with van der Waals surface area (Å²) >= 11 is 1.18. The van der Waals surface area contributed by atoms with E-state index in [-0.39, 0.29) is 31.1 Å². The first-order valence-electron chi connectivity index (χ1n) is 11.8. The van der Waals surface area contributed by atoms with Crippen molar-refractivity contribution < 1.29 is 33.0 Å². The fourth-order valence-corrected chi connectivity index (χ4v) is 6.52. The Kier molecular flexibility index (Phi) is 9.67. The topological polar surface area (TPSA) is 129 Å². The Hall–Kier alpha value is -2.98. The number of anilines is 1. The van der Waals surface area contributed by atoms with Crippen LogP contribution >= 0.6 is 18.9 Å². The highest BCUT2D eigenvalue weighted by molar-refractivity contribution is 7.54. The smallest absolute Gasteiger partial charge is 0.357 e. The van der Waals surface area contributed by atoms with E-state index < -0.39 is 19.3 Å². The number of aromatic hydroxyl groups is 1. The first-order chi connectivity index (χ1) is 17.7. The quantitative estimate of drug-likeness (QED) is 0.202. The van der Waals surface area contributed by atoms with E-state index in [4.69, 9.17) is 18.5 Å². The highest BCUT2D eigenvalue weighted by Crippen LogP contribution is 2.62. The van der Waals surface area contributed by atoms with Crippen LogP contribution in [-0.2, 0) is 18.3 Å². The van der Waals surface area contributed by atoms with Gasteiger partial charge in [-0.1, -0.05) is 0 Å². The molecular formula is C25H32N3O7PS. The van der Waals surface area contributed by atoms with E-state index in [0.717, 1.165) is 5.56 Å². The minimum atomic E-state index is -3.84. The number of esters is 1. The Morgan fingerprint density at radius 2 is 1.84 bits per heavy atom.